The van der Waals surface area contributed by atoms with Crippen LogP contribution < -0.4 is 5.56 Å². The van der Waals surface area contributed by atoms with Gasteiger partial charge in [0.25, 0.3) is 5.56 Å². The second-order valence-electron chi connectivity index (χ2n) is 6.07. The Morgan fingerprint density at radius 1 is 1.29 bits per heavy atom. The molecule has 0 atom stereocenters. The van der Waals surface area contributed by atoms with Crippen LogP contribution in [0.4, 0.5) is 0 Å². The van der Waals surface area contributed by atoms with E-state index in [1.54, 1.807) is 24.3 Å². The van der Waals surface area contributed by atoms with Crippen molar-refractivity contribution in [1.82, 2.24) is 14.5 Å². The summed E-state index contributed by atoms with van der Waals surface area (Å²) < 4.78 is 1.38. The van der Waals surface area contributed by atoms with Crippen LogP contribution in [0, 0.1) is 5.92 Å². The van der Waals surface area contributed by atoms with Gasteiger partial charge in [-0.15, -0.1) is 0 Å². The van der Waals surface area contributed by atoms with Gasteiger partial charge in [-0.2, -0.15) is 0 Å². The van der Waals surface area contributed by atoms with Gasteiger partial charge in [0.2, 0.25) is 5.91 Å². The minimum Gasteiger partial charge on any atom is -0.480 e. The molecule has 0 aliphatic carbocycles. The van der Waals surface area contributed by atoms with E-state index >= 15 is 0 Å². The molecule has 0 saturated carbocycles. The molecule has 7 heteroatoms. The maximum atomic E-state index is 12.4. The van der Waals surface area contributed by atoms with Gasteiger partial charge < -0.3 is 10.0 Å². The van der Waals surface area contributed by atoms with Crippen molar-refractivity contribution >= 4 is 22.8 Å². The first-order valence-corrected chi connectivity index (χ1v) is 7.82. The number of carbonyl (C=O) groups excluding carboxylic acids is 1. The van der Waals surface area contributed by atoms with E-state index in [2.05, 4.69) is 4.98 Å². The first kappa shape index (κ1) is 17.7. The Hall–Kier alpha value is -2.70. The zero-order valence-corrected chi connectivity index (χ0v) is 13.8. The fraction of sp³-hybridized carbons (Fsp3) is 0.412. The number of hydrogen-bond donors (Lipinski definition) is 1. The molecule has 0 spiro atoms. The third-order valence-corrected chi connectivity index (χ3v) is 3.56. The lowest BCUT2D eigenvalue weighted by molar-refractivity contribution is -0.144. The maximum Gasteiger partial charge on any atom is 0.323 e. The van der Waals surface area contributed by atoms with Gasteiger partial charge in [-0.05, 0) is 18.1 Å². The van der Waals surface area contributed by atoms with Crippen LogP contribution in [0.2, 0.25) is 0 Å². The van der Waals surface area contributed by atoms with Gasteiger partial charge >= 0.3 is 5.97 Å². The number of carboxylic acids is 1. The smallest absolute Gasteiger partial charge is 0.323 e. The van der Waals surface area contributed by atoms with Crippen molar-refractivity contribution < 1.29 is 14.7 Å². The van der Waals surface area contributed by atoms with Gasteiger partial charge in [-0.3, -0.25) is 19.0 Å². The number of aryl methyl sites for hydroxylation is 1. The molecule has 0 unspecified atom stereocenters. The largest absolute Gasteiger partial charge is 0.480 e. The molecule has 0 bridgehead atoms. The maximum absolute atomic E-state index is 12.4. The molecule has 0 radical (unpaired) electrons. The Labute approximate surface area is 139 Å². The first-order valence-electron chi connectivity index (χ1n) is 7.82. The van der Waals surface area contributed by atoms with Gasteiger partial charge in [-0.1, -0.05) is 26.0 Å². The Balaban J connectivity index is 2.11. The summed E-state index contributed by atoms with van der Waals surface area (Å²) in [6.45, 7) is 4.04. The fourth-order valence-electron chi connectivity index (χ4n) is 2.50. The lowest BCUT2D eigenvalue weighted by Crippen LogP contribution is -2.39. The summed E-state index contributed by atoms with van der Waals surface area (Å²) in [4.78, 5) is 41.1. The number of para-hydroxylation sites is 1. The molecule has 0 aliphatic rings. The van der Waals surface area contributed by atoms with E-state index in [1.165, 1.54) is 15.8 Å². The summed E-state index contributed by atoms with van der Waals surface area (Å²) >= 11 is 0. The molecular formula is C17H21N3O4. The number of benzene rings is 1. The highest BCUT2D eigenvalue weighted by atomic mass is 16.4. The molecule has 128 valence electrons. The van der Waals surface area contributed by atoms with Crippen molar-refractivity contribution in [2.24, 2.45) is 5.92 Å². The summed E-state index contributed by atoms with van der Waals surface area (Å²) in [7, 11) is 0. The molecule has 7 nitrogen and oxygen atoms in total. The highest BCUT2D eigenvalue weighted by Gasteiger charge is 2.18. The number of hydrogen-bond acceptors (Lipinski definition) is 4. The summed E-state index contributed by atoms with van der Waals surface area (Å²) in [5, 5.41) is 9.43. The molecule has 0 aliphatic heterocycles. The molecule has 1 heterocycles. The molecule has 2 rings (SSSR count). The molecule has 1 aromatic heterocycles. The van der Waals surface area contributed by atoms with Gasteiger partial charge in [0, 0.05) is 19.5 Å². The predicted molar refractivity (Wildman–Crippen MR) is 89.7 cm³/mol. The van der Waals surface area contributed by atoms with E-state index in [0.29, 0.717) is 17.4 Å². The SMILES string of the molecule is CC(C)CN(CC(=O)O)C(=O)CCn1cnc2ccccc2c1=O. The molecule has 1 aromatic carbocycles. The molecule has 24 heavy (non-hydrogen) atoms. The lowest BCUT2D eigenvalue weighted by atomic mass is 10.2. The van der Waals surface area contributed by atoms with Crippen molar-refractivity contribution in [3.8, 4) is 0 Å². The van der Waals surface area contributed by atoms with E-state index in [0.717, 1.165) is 0 Å². The van der Waals surface area contributed by atoms with Crippen LogP contribution in [0.25, 0.3) is 10.9 Å². The Morgan fingerprint density at radius 3 is 2.67 bits per heavy atom. The summed E-state index contributed by atoms with van der Waals surface area (Å²) in [6, 6.07) is 7.01. The van der Waals surface area contributed by atoms with Crippen molar-refractivity contribution in [3.63, 3.8) is 0 Å². The second kappa shape index (κ2) is 7.72. The standard InChI is InChI=1S/C17H21N3O4/c1-12(2)9-20(10-16(22)23)15(21)7-8-19-11-18-14-6-4-3-5-13(14)17(19)24/h3-6,11-12H,7-10H2,1-2H3,(H,22,23). The molecule has 1 N–H and O–H groups in total. The predicted octanol–water partition coefficient (Wildman–Crippen LogP) is 1.36. The van der Waals surface area contributed by atoms with Crippen LogP contribution in [0.5, 0.6) is 0 Å². The Kier molecular flexibility index (Phi) is 5.68. The molecule has 1 amide bonds. The first-order chi connectivity index (χ1) is 11.4. The number of aromatic nitrogens is 2. The summed E-state index contributed by atoms with van der Waals surface area (Å²) in [5.41, 5.74) is 0.402. The van der Waals surface area contributed by atoms with Crippen LogP contribution in [-0.4, -0.2) is 44.5 Å². The van der Waals surface area contributed by atoms with Gasteiger partial charge in [0.1, 0.15) is 6.54 Å². The van der Waals surface area contributed by atoms with Crippen molar-refractivity contribution in [1.29, 1.82) is 0 Å². The van der Waals surface area contributed by atoms with Crippen LogP contribution in [-0.2, 0) is 16.1 Å². The third kappa shape index (κ3) is 4.41. The van der Waals surface area contributed by atoms with Crippen molar-refractivity contribution in [2.45, 2.75) is 26.8 Å². The number of carboxylic acid groups (broad SMARTS) is 1. The van der Waals surface area contributed by atoms with Crippen LogP contribution >= 0.6 is 0 Å². The average Bonchev–Trinajstić information content (AvgIpc) is 2.52. The van der Waals surface area contributed by atoms with E-state index in [-0.39, 0.29) is 36.9 Å². The zero-order valence-electron chi connectivity index (χ0n) is 13.8. The summed E-state index contributed by atoms with van der Waals surface area (Å²) in [6.07, 6.45) is 1.47. The number of rotatable bonds is 7. The van der Waals surface area contributed by atoms with Gasteiger partial charge in [-0.25, -0.2) is 4.98 Å². The molecule has 0 fully saturated rings. The highest BCUT2D eigenvalue weighted by molar-refractivity contribution is 5.81. The van der Waals surface area contributed by atoms with E-state index in [1.807, 2.05) is 13.8 Å². The minimum absolute atomic E-state index is 0.0555. The Bertz CT molecular complexity index is 798. The molecular weight excluding hydrogens is 310 g/mol. The van der Waals surface area contributed by atoms with E-state index in [9.17, 15) is 14.4 Å². The fourth-order valence-corrected chi connectivity index (χ4v) is 2.50. The highest BCUT2D eigenvalue weighted by Crippen LogP contribution is 2.06. The lowest BCUT2D eigenvalue weighted by Gasteiger charge is -2.22. The topological polar surface area (TPSA) is 92.5 Å². The van der Waals surface area contributed by atoms with Gasteiger partial charge in [0.05, 0.1) is 17.2 Å². The van der Waals surface area contributed by atoms with E-state index < -0.39 is 5.97 Å². The Morgan fingerprint density at radius 2 is 2.00 bits per heavy atom. The third-order valence-electron chi connectivity index (χ3n) is 3.56. The average molecular weight is 331 g/mol. The van der Waals surface area contributed by atoms with Gasteiger partial charge in [0.15, 0.2) is 0 Å². The molecule has 2 aromatic rings. The second-order valence-corrected chi connectivity index (χ2v) is 6.07. The number of fused-ring (bicyclic) bond motifs is 1. The monoisotopic (exact) mass is 331 g/mol. The van der Waals surface area contributed by atoms with Crippen LogP contribution in [0.1, 0.15) is 20.3 Å². The minimum atomic E-state index is -1.05. The number of nitrogens with zero attached hydrogens (tertiary/aromatic N) is 3. The quantitative estimate of drug-likeness (QED) is 0.827. The van der Waals surface area contributed by atoms with E-state index in [4.69, 9.17) is 5.11 Å². The van der Waals surface area contributed by atoms with Crippen molar-refractivity contribution in [3.05, 3.63) is 40.9 Å². The number of amides is 1. The van der Waals surface area contributed by atoms with Crippen LogP contribution in [0.15, 0.2) is 35.4 Å². The van der Waals surface area contributed by atoms with Crippen molar-refractivity contribution in [2.75, 3.05) is 13.1 Å². The number of aliphatic carboxylic acids is 1. The molecule has 0 saturated heterocycles. The normalized spacial score (nSPS) is 11.0. The zero-order chi connectivity index (χ0) is 17.7. The summed E-state index contributed by atoms with van der Waals surface area (Å²) in [5.74, 6) is -1.17. The van der Waals surface area contributed by atoms with Crippen LogP contribution in [0.3, 0.4) is 0 Å². The number of carbonyl (C=O) groups is 2.